The molecule has 5 heteroatoms. The van der Waals surface area contributed by atoms with Crippen LogP contribution in [0.15, 0.2) is 30.3 Å². The van der Waals surface area contributed by atoms with Crippen LogP contribution >= 0.6 is 0 Å². The molecule has 0 saturated carbocycles. The molecular weight excluding hydrogens is 254 g/mol. The number of amides is 1. The van der Waals surface area contributed by atoms with Crippen molar-refractivity contribution in [1.29, 1.82) is 0 Å². The van der Waals surface area contributed by atoms with Crippen LogP contribution in [0.4, 0.5) is 0 Å². The van der Waals surface area contributed by atoms with Gasteiger partial charge in [-0.15, -0.1) is 0 Å². The van der Waals surface area contributed by atoms with Crippen molar-refractivity contribution in [2.24, 2.45) is 0 Å². The molecule has 1 aromatic rings. The Balaban J connectivity index is 0.00000112. The van der Waals surface area contributed by atoms with Crippen molar-refractivity contribution >= 4 is 16.7 Å². The fourth-order valence-electron chi connectivity index (χ4n) is 1.34. The molecule has 0 bridgehead atoms. The number of carbonyl (C=O) groups is 1. The van der Waals surface area contributed by atoms with Crippen LogP contribution in [0.5, 0.6) is 0 Å². The normalized spacial score (nSPS) is 23.5. The minimum atomic E-state index is -0.710. The van der Waals surface area contributed by atoms with Crippen molar-refractivity contribution in [3.63, 3.8) is 0 Å². The average molecular weight is 265 g/mol. The van der Waals surface area contributed by atoms with E-state index in [1.165, 1.54) is 0 Å². The van der Waals surface area contributed by atoms with Crippen molar-refractivity contribution in [1.82, 2.24) is 5.32 Å². The van der Waals surface area contributed by atoms with Gasteiger partial charge in [-0.05, 0) is 12.1 Å². The van der Waals surface area contributed by atoms with Gasteiger partial charge in [0.2, 0.25) is 0 Å². The van der Waals surface area contributed by atoms with Crippen LogP contribution in [0.25, 0.3) is 0 Å². The summed E-state index contributed by atoms with van der Waals surface area (Å²) >= 11 is 0. The third-order valence-corrected chi connectivity index (χ3v) is 3.69. The summed E-state index contributed by atoms with van der Waals surface area (Å²) in [5, 5.41) is 2.83. The van der Waals surface area contributed by atoms with Gasteiger partial charge >= 0.3 is 0 Å². The largest absolute Gasteiger partial charge is 0.347 e. The Hall–Kier alpha value is -0.641. The molecule has 1 amide bonds. The Bertz CT molecular complexity index is 361. The first kappa shape index (κ1) is 12.4. The van der Waals surface area contributed by atoms with E-state index in [1.54, 1.807) is 12.1 Å². The van der Waals surface area contributed by atoms with Gasteiger partial charge in [-0.3, -0.25) is 9.00 Å². The molecular formula is C10H11FeNO2S. The third-order valence-electron chi connectivity index (χ3n) is 2.15. The summed E-state index contributed by atoms with van der Waals surface area (Å²) in [4.78, 5) is 11.5. The van der Waals surface area contributed by atoms with E-state index >= 15 is 0 Å². The van der Waals surface area contributed by atoms with Gasteiger partial charge in [0.15, 0.2) is 0 Å². The van der Waals surface area contributed by atoms with E-state index in [0.29, 0.717) is 17.1 Å². The molecule has 0 atom stereocenters. The zero-order chi connectivity index (χ0) is 9.97. The van der Waals surface area contributed by atoms with Crippen LogP contribution in [0.3, 0.4) is 0 Å². The summed E-state index contributed by atoms with van der Waals surface area (Å²) in [6.07, 6.45) is 0. The van der Waals surface area contributed by atoms with E-state index in [0.717, 1.165) is 0 Å². The van der Waals surface area contributed by atoms with Crippen LogP contribution < -0.4 is 5.32 Å². The first-order valence-corrected chi connectivity index (χ1v) is 5.95. The molecule has 0 radical (unpaired) electrons. The summed E-state index contributed by atoms with van der Waals surface area (Å²) in [5.74, 6) is 1.12. The predicted octanol–water partition coefficient (Wildman–Crippen LogP) is 0.545. The second-order valence-electron chi connectivity index (χ2n) is 3.31. The van der Waals surface area contributed by atoms with Gasteiger partial charge < -0.3 is 5.32 Å². The third kappa shape index (κ3) is 3.16. The average Bonchev–Trinajstić information content (AvgIpc) is 2.17. The van der Waals surface area contributed by atoms with E-state index in [4.69, 9.17) is 0 Å². The monoisotopic (exact) mass is 265 g/mol. The molecule has 1 heterocycles. The van der Waals surface area contributed by atoms with Gasteiger partial charge in [-0.2, -0.15) is 0 Å². The summed E-state index contributed by atoms with van der Waals surface area (Å²) in [5.41, 5.74) is 0.658. The molecule has 0 aliphatic carbocycles. The van der Waals surface area contributed by atoms with Crippen LogP contribution in [-0.4, -0.2) is 27.7 Å². The number of hydrogen-bond acceptors (Lipinski definition) is 2. The number of rotatable bonds is 2. The fraction of sp³-hybridized carbons (Fsp3) is 0.300. The number of benzene rings is 1. The second-order valence-corrected chi connectivity index (χ2v) is 4.86. The first-order valence-electron chi connectivity index (χ1n) is 4.46. The molecule has 15 heavy (non-hydrogen) atoms. The number of carbonyl (C=O) groups excluding carboxylic acids is 1. The van der Waals surface area contributed by atoms with Gasteiger partial charge in [-0.1, -0.05) is 18.2 Å². The fourth-order valence-corrected chi connectivity index (χ4v) is 2.31. The van der Waals surface area contributed by atoms with E-state index < -0.39 is 10.8 Å². The van der Waals surface area contributed by atoms with E-state index in [1.807, 2.05) is 18.2 Å². The minimum Gasteiger partial charge on any atom is -0.347 e. The molecule has 0 unspecified atom stereocenters. The molecule has 2 rings (SSSR count). The van der Waals surface area contributed by atoms with Crippen molar-refractivity contribution in [2.45, 2.75) is 6.04 Å². The Kier molecular flexibility index (Phi) is 4.51. The van der Waals surface area contributed by atoms with Crippen LogP contribution in [-0.2, 0) is 27.9 Å². The predicted molar refractivity (Wildman–Crippen MR) is 55.6 cm³/mol. The molecule has 1 aliphatic rings. The maximum atomic E-state index is 11.5. The van der Waals surface area contributed by atoms with E-state index in [9.17, 15) is 9.00 Å². The summed E-state index contributed by atoms with van der Waals surface area (Å²) in [6, 6.07) is 9.16. The summed E-state index contributed by atoms with van der Waals surface area (Å²) in [7, 11) is -0.710. The Morgan fingerprint density at radius 3 is 2.40 bits per heavy atom. The maximum Gasteiger partial charge on any atom is 0.251 e. The quantitative estimate of drug-likeness (QED) is 0.793. The van der Waals surface area contributed by atoms with Crippen LogP contribution in [0.1, 0.15) is 10.4 Å². The molecule has 0 spiro atoms. The SMILES string of the molecule is O=C(NC1CS(=O)C1)c1ccccc1.[Fe]. The Labute approximate surface area is 102 Å². The smallest absolute Gasteiger partial charge is 0.251 e. The standard InChI is InChI=1S/C10H11NO2S.Fe/c12-10(8-4-2-1-3-5-8)11-9-6-14(13)7-9;/h1-5,9H,6-7H2,(H,11,12);. The van der Waals surface area contributed by atoms with Gasteiger partial charge in [0.1, 0.15) is 0 Å². The van der Waals surface area contributed by atoms with Gasteiger partial charge in [0, 0.05) is 44.9 Å². The Morgan fingerprint density at radius 1 is 1.27 bits per heavy atom. The van der Waals surface area contributed by atoms with E-state index in [-0.39, 0.29) is 29.0 Å². The van der Waals surface area contributed by atoms with E-state index in [2.05, 4.69) is 5.32 Å². The van der Waals surface area contributed by atoms with Crippen molar-refractivity contribution in [2.75, 3.05) is 11.5 Å². The molecule has 1 aromatic carbocycles. The summed E-state index contributed by atoms with van der Waals surface area (Å²) < 4.78 is 10.8. The first-order chi connectivity index (χ1) is 6.75. The molecule has 1 fully saturated rings. The molecule has 82 valence electrons. The van der Waals surface area contributed by atoms with Crippen molar-refractivity contribution < 1.29 is 26.1 Å². The zero-order valence-electron chi connectivity index (χ0n) is 7.96. The van der Waals surface area contributed by atoms with Crippen LogP contribution in [0.2, 0.25) is 0 Å². The van der Waals surface area contributed by atoms with Gasteiger partial charge in [0.05, 0.1) is 6.04 Å². The van der Waals surface area contributed by atoms with Gasteiger partial charge in [0.25, 0.3) is 5.91 Å². The Morgan fingerprint density at radius 2 is 1.87 bits per heavy atom. The van der Waals surface area contributed by atoms with Crippen molar-refractivity contribution in [3.05, 3.63) is 35.9 Å². The van der Waals surface area contributed by atoms with Crippen LogP contribution in [0, 0.1) is 0 Å². The minimum absolute atomic E-state index is 0. The molecule has 1 saturated heterocycles. The topological polar surface area (TPSA) is 46.2 Å². The molecule has 3 nitrogen and oxygen atoms in total. The second kappa shape index (κ2) is 5.45. The van der Waals surface area contributed by atoms with Crippen molar-refractivity contribution in [3.8, 4) is 0 Å². The summed E-state index contributed by atoms with van der Waals surface area (Å²) in [6.45, 7) is 0. The molecule has 1 N–H and O–H groups in total. The molecule has 1 aliphatic heterocycles. The van der Waals surface area contributed by atoms with Gasteiger partial charge in [-0.25, -0.2) is 0 Å². The maximum absolute atomic E-state index is 11.5. The zero-order valence-corrected chi connectivity index (χ0v) is 9.88. The number of hydrogen-bond donors (Lipinski definition) is 1. The number of nitrogens with one attached hydrogen (secondary N) is 1. The molecule has 0 aromatic heterocycles.